The first-order valence-electron chi connectivity index (χ1n) is 6.72. The number of nitrogens with zero attached hydrogens (tertiary/aromatic N) is 2. The predicted molar refractivity (Wildman–Crippen MR) is 70.9 cm³/mol. The fourth-order valence-corrected chi connectivity index (χ4v) is 2.70. The lowest BCUT2D eigenvalue weighted by atomic mass is 9.85. The molecule has 1 atom stereocenters. The Hall–Kier alpha value is -1.03. The van der Waals surface area contributed by atoms with E-state index in [9.17, 15) is 0 Å². The lowest BCUT2D eigenvalue weighted by Crippen LogP contribution is -2.31. The highest BCUT2D eigenvalue weighted by atomic mass is 15.3. The highest BCUT2D eigenvalue weighted by Crippen LogP contribution is 2.26. The van der Waals surface area contributed by atoms with Gasteiger partial charge in [-0.25, -0.2) is 0 Å². The predicted octanol–water partition coefficient (Wildman–Crippen LogP) is 2.13. The number of nitrogens with one attached hydrogen (secondary N) is 1. The second-order valence-corrected chi connectivity index (χ2v) is 5.28. The first-order chi connectivity index (χ1) is 8.24. The second-order valence-electron chi connectivity index (χ2n) is 5.28. The minimum absolute atomic E-state index is 0.262. The molecule has 96 valence electrons. The Morgan fingerprint density at radius 3 is 2.88 bits per heavy atom. The molecule has 1 aliphatic rings. The van der Waals surface area contributed by atoms with Gasteiger partial charge in [-0.1, -0.05) is 32.1 Å². The quantitative estimate of drug-likeness (QED) is 0.823. The molecule has 0 aliphatic heterocycles. The topological polar surface area (TPSA) is 55.9 Å². The summed E-state index contributed by atoms with van der Waals surface area (Å²) in [5.41, 5.74) is 7.23. The van der Waals surface area contributed by atoms with Gasteiger partial charge in [0, 0.05) is 25.8 Å². The number of rotatable bonds is 5. The van der Waals surface area contributed by atoms with Crippen LogP contribution in [0.3, 0.4) is 0 Å². The van der Waals surface area contributed by atoms with Crippen LogP contribution < -0.4 is 11.1 Å². The maximum Gasteiger partial charge on any atom is 0.0726 e. The third-order valence-electron chi connectivity index (χ3n) is 3.63. The van der Waals surface area contributed by atoms with E-state index in [4.69, 9.17) is 5.73 Å². The zero-order valence-electron chi connectivity index (χ0n) is 10.7. The van der Waals surface area contributed by atoms with Gasteiger partial charge in [0.25, 0.3) is 0 Å². The van der Waals surface area contributed by atoms with E-state index in [2.05, 4.69) is 10.4 Å². The molecule has 0 aromatic carbocycles. The molecule has 0 radical (unpaired) electrons. The molecule has 1 unspecified atom stereocenters. The maximum atomic E-state index is 6.17. The van der Waals surface area contributed by atoms with Gasteiger partial charge in [0.05, 0.1) is 11.9 Å². The van der Waals surface area contributed by atoms with E-state index in [0.717, 1.165) is 24.6 Å². The number of nitrogens with two attached hydrogens (primary N) is 1. The van der Waals surface area contributed by atoms with Crippen molar-refractivity contribution in [1.82, 2.24) is 9.78 Å². The fourth-order valence-electron chi connectivity index (χ4n) is 2.70. The van der Waals surface area contributed by atoms with Gasteiger partial charge in [0.15, 0.2) is 0 Å². The standard InChI is InChI=1S/C13H24N4/c1-17-10-13(9-16-17)15-8-12(14)7-11-5-3-2-4-6-11/h9-12,15H,2-8,14H2,1H3. The summed E-state index contributed by atoms with van der Waals surface area (Å²) < 4.78 is 1.80. The molecule has 1 saturated carbocycles. The van der Waals surface area contributed by atoms with Crippen LogP contribution >= 0.6 is 0 Å². The van der Waals surface area contributed by atoms with Crippen LogP contribution in [0.2, 0.25) is 0 Å². The van der Waals surface area contributed by atoms with E-state index >= 15 is 0 Å². The van der Waals surface area contributed by atoms with Gasteiger partial charge in [0.1, 0.15) is 0 Å². The smallest absolute Gasteiger partial charge is 0.0726 e. The van der Waals surface area contributed by atoms with E-state index < -0.39 is 0 Å². The van der Waals surface area contributed by atoms with Crippen LogP contribution in [-0.2, 0) is 7.05 Å². The van der Waals surface area contributed by atoms with Crippen molar-refractivity contribution in [3.63, 3.8) is 0 Å². The largest absolute Gasteiger partial charge is 0.381 e. The molecule has 1 aromatic rings. The zero-order chi connectivity index (χ0) is 12.1. The first-order valence-corrected chi connectivity index (χ1v) is 6.72. The molecule has 3 N–H and O–H groups in total. The molecule has 2 rings (SSSR count). The lowest BCUT2D eigenvalue weighted by Gasteiger charge is -2.24. The normalized spacial score (nSPS) is 19.2. The van der Waals surface area contributed by atoms with Gasteiger partial charge >= 0.3 is 0 Å². The number of hydrogen-bond acceptors (Lipinski definition) is 3. The van der Waals surface area contributed by atoms with Crippen LogP contribution in [0.25, 0.3) is 0 Å². The molecule has 1 aliphatic carbocycles. The highest BCUT2D eigenvalue weighted by Gasteiger charge is 2.16. The maximum absolute atomic E-state index is 6.17. The molecule has 17 heavy (non-hydrogen) atoms. The Morgan fingerprint density at radius 2 is 2.24 bits per heavy atom. The highest BCUT2D eigenvalue weighted by molar-refractivity contribution is 5.38. The Balaban J connectivity index is 1.68. The molecule has 4 nitrogen and oxygen atoms in total. The van der Waals surface area contributed by atoms with Crippen molar-refractivity contribution in [3.8, 4) is 0 Å². The molecule has 1 aromatic heterocycles. The van der Waals surface area contributed by atoms with E-state index in [1.807, 2.05) is 19.4 Å². The minimum Gasteiger partial charge on any atom is -0.381 e. The summed E-state index contributed by atoms with van der Waals surface area (Å²) in [5.74, 6) is 0.856. The van der Waals surface area contributed by atoms with Crippen molar-refractivity contribution in [2.75, 3.05) is 11.9 Å². The summed E-state index contributed by atoms with van der Waals surface area (Å²) in [6, 6.07) is 0.262. The number of anilines is 1. The van der Waals surface area contributed by atoms with Gasteiger partial charge in [-0.3, -0.25) is 4.68 Å². The summed E-state index contributed by atoms with van der Waals surface area (Å²) in [6.45, 7) is 0.849. The first kappa shape index (κ1) is 12.4. The van der Waals surface area contributed by atoms with Gasteiger partial charge in [-0.15, -0.1) is 0 Å². The Labute approximate surface area is 104 Å². The SMILES string of the molecule is Cn1cc(NCC(N)CC2CCCCC2)cn1. The van der Waals surface area contributed by atoms with Crippen LogP contribution in [0.1, 0.15) is 38.5 Å². The van der Waals surface area contributed by atoms with E-state index in [0.29, 0.717) is 0 Å². The van der Waals surface area contributed by atoms with E-state index in [1.165, 1.54) is 32.1 Å². The summed E-state index contributed by atoms with van der Waals surface area (Å²) in [4.78, 5) is 0. The Morgan fingerprint density at radius 1 is 1.47 bits per heavy atom. The lowest BCUT2D eigenvalue weighted by molar-refractivity contribution is 0.320. The number of aromatic nitrogens is 2. The molecular weight excluding hydrogens is 212 g/mol. The second kappa shape index (κ2) is 6.05. The number of hydrogen-bond donors (Lipinski definition) is 2. The third kappa shape index (κ3) is 4.04. The molecule has 1 heterocycles. The average molecular weight is 236 g/mol. The summed E-state index contributed by atoms with van der Waals surface area (Å²) >= 11 is 0. The molecule has 0 bridgehead atoms. The summed E-state index contributed by atoms with van der Waals surface area (Å²) in [5, 5.41) is 7.47. The van der Waals surface area contributed by atoms with Crippen LogP contribution in [-0.4, -0.2) is 22.4 Å². The Bertz CT molecular complexity index is 328. The average Bonchev–Trinajstić information content (AvgIpc) is 2.74. The van der Waals surface area contributed by atoms with Gasteiger partial charge in [-0.2, -0.15) is 5.10 Å². The van der Waals surface area contributed by atoms with Crippen molar-refractivity contribution >= 4 is 5.69 Å². The van der Waals surface area contributed by atoms with Gasteiger partial charge in [0.2, 0.25) is 0 Å². The van der Waals surface area contributed by atoms with Gasteiger partial charge < -0.3 is 11.1 Å². The molecule has 0 spiro atoms. The van der Waals surface area contributed by atoms with Crippen molar-refractivity contribution in [1.29, 1.82) is 0 Å². The number of aryl methyl sites for hydroxylation is 1. The third-order valence-corrected chi connectivity index (χ3v) is 3.63. The Kier molecular flexibility index (Phi) is 4.42. The monoisotopic (exact) mass is 236 g/mol. The summed E-state index contributed by atoms with van der Waals surface area (Å²) in [7, 11) is 1.92. The van der Waals surface area contributed by atoms with Crippen molar-refractivity contribution in [2.45, 2.75) is 44.6 Å². The van der Waals surface area contributed by atoms with Crippen LogP contribution in [0, 0.1) is 5.92 Å². The van der Waals surface area contributed by atoms with Crippen LogP contribution in [0.5, 0.6) is 0 Å². The van der Waals surface area contributed by atoms with Crippen LogP contribution in [0.15, 0.2) is 12.4 Å². The fraction of sp³-hybridized carbons (Fsp3) is 0.769. The molecule has 0 saturated heterocycles. The zero-order valence-corrected chi connectivity index (χ0v) is 10.7. The van der Waals surface area contributed by atoms with Crippen molar-refractivity contribution < 1.29 is 0 Å². The molecule has 4 heteroatoms. The molecule has 1 fully saturated rings. The van der Waals surface area contributed by atoms with Crippen LogP contribution in [0.4, 0.5) is 5.69 Å². The van der Waals surface area contributed by atoms with Crippen molar-refractivity contribution in [3.05, 3.63) is 12.4 Å². The van der Waals surface area contributed by atoms with E-state index in [1.54, 1.807) is 4.68 Å². The van der Waals surface area contributed by atoms with E-state index in [-0.39, 0.29) is 6.04 Å². The molecule has 0 amide bonds. The minimum atomic E-state index is 0.262. The van der Waals surface area contributed by atoms with Crippen molar-refractivity contribution in [2.24, 2.45) is 18.7 Å². The molecular formula is C13H24N4. The van der Waals surface area contributed by atoms with Gasteiger partial charge in [-0.05, 0) is 12.3 Å². The summed E-state index contributed by atoms with van der Waals surface area (Å²) in [6.07, 6.45) is 11.9.